The molecule has 9 rings (SSSR count). The van der Waals surface area contributed by atoms with Crippen molar-refractivity contribution >= 4 is 38.3 Å². The molecule has 0 fully saturated rings. The molecule has 5 aromatic carbocycles. The molecule has 7 aromatic rings. The van der Waals surface area contributed by atoms with Crippen molar-refractivity contribution in [2.45, 2.75) is 25.7 Å². The van der Waals surface area contributed by atoms with Gasteiger partial charge in [0.15, 0.2) is 5.82 Å². The van der Waals surface area contributed by atoms with Crippen molar-refractivity contribution in [2.75, 3.05) is 0 Å². The van der Waals surface area contributed by atoms with Crippen LogP contribution in [0.4, 0.5) is 0 Å². The molecular formula is C47H35N3. The van der Waals surface area contributed by atoms with E-state index in [-0.39, 0.29) is 0 Å². The van der Waals surface area contributed by atoms with E-state index in [1.807, 2.05) is 12.4 Å². The standard InChI is InChI=1S/C47H35N3/c1-2-10-32(11-3-1)37-15-9-18-41(28-37)47-49-45(35-23-21-34(22-24-35)44-31-48-30-42-14-6-7-19-43(42)44)29-46(50-47)40-17-8-16-38(27-40)39-25-20-33-12-4-5-13-36(33)26-39/h1-2,4-10,12-21,23,25-31H,3,11,22,24H2. The highest BCUT2D eigenvalue weighted by Crippen LogP contribution is 2.37. The van der Waals surface area contributed by atoms with Crippen molar-refractivity contribution in [3.05, 3.63) is 181 Å². The Morgan fingerprint density at radius 2 is 1.16 bits per heavy atom. The predicted octanol–water partition coefficient (Wildman–Crippen LogP) is 12.2. The lowest BCUT2D eigenvalue weighted by Gasteiger charge is -2.18. The molecule has 0 amide bonds. The van der Waals surface area contributed by atoms with Gasteiger partial charge in [0.05, 0.1) is 11.4 Å². The Morgan fingerprint density at radius 1 is 0.440 bits per heavy atom. The normalized spacial score (nSPS) is 14.4. The summed E-state index contributed by atoms with van der Waals surface area (Å²) in [6.45, 7) is 0. The van der Waals surface area contributed by atoms with Crippen LogP contribution in [0, 0.1) is 0 Å². The lowest BCUT2D eigenvalue weighted by molar-refractivity contribution is 1.04. The maximum absolute atomic E-state index is 5.25. The van der Waals surface area contributed by atoms with Gasteiger partial charge in [-0.2, -0.15) is 0 Å². The van der Waals surface area contributed by atoms with Crippen molar-refractivity contribution < 1.29 is 0 Å². The Morgan fingerprint density at radius 3 is 2.02 bits per heavy atom. The van der Waals surface area contributed by atoms with E-state index in [4.69, 9.17) is 9.97 Å². The molecular weight excluding hydrogens is 607 g/mol. The average Bonchev–Trinajstić information content (AvgIpc) is 3.21. The number of aromatic nitrogens is 3. The molecule has 2 aliphatic rings. The van der Waals surface area contributed by atoms with Crippen molar-refractivity contribution in [1.29, 1.82) is 0 Å². The summed E-state index contributed by atoms with van der Waals surface area (Å²) in [5, 5.41) is 4.89. The molecule has 0 saturated heterocycles. The van der Waals surface area contributed by atoms with Gasteiger partial charge in [-0.1, -0.05) is 127 Å². The van der Waals surface area contributed by atoms with E-state index < -0.39 is 0 Å². The van der Waals surface area contributed by atoms with E-state index in [0.29, 0.717) is 0 Å². The van der Waals surface area contributed by atoms with E-state index in [1.54, 1.807) is 0 Å². The second kappa shape index (κ2) is 13.0. The molecule has 3 heteroatoms. The number of hydrogen-bond donors (Lipinski definition) is 0. The molecule has 2 aliphatic carbocycles. The van der Waals surface area contributed by atoms with Crippen LogP contribution in [0.25, 0.3) is 72.0 Å². The van der Waals surface area contributed by atoms with Crippen LogP contribution in [0.3, 0.4) is 0 Å². The molecule has 2 heterocycles. The zero-order valence-electron chi connectivity index (χ0n) is 27.8. The quantitative estimate of drug-likeness (QED) is 0.181. The number of fused-ring (bicyclic) bond motifs is 2. The molecule has 2 aromatic heterocycles. The molecule has 0 spiro atoms. The maximum Gasteiger partial charge on any atom is 0.160 e. The van der Waals surface area contributed by atoms with Crippen molar-refractivity contribution in [3.8, 4) is 33.8 Å². The Hall–Kier alpha value is -6.19. The second-order valence-corrected chi connectivity index (χ2v) is 13.1. The third kappa shape index (κ3) is 5.88. The van der Waals surface area contributed by atoms with E-state index in [9.17, 15) is 0 Å². The van der Waals surface area contributed by atoms with Crippen molar-refractivity contribution in [1.82, 2.24) is 15.0 Å². The molecule has 0 atom stereocenters. The third-order valence-electron chi connectivity index (χ3n) is 9.97. The Balaban J connectivity index is 1.14. The van der Waals surface area contributed by atoms with Gasteiger partial charge in [-0.15, -0.1) is 0 Å². The minimum atomic E-state index is 0.747. The van der Waals surface area contributed by atoms with Gasteiger partial charge < -0.3 is 0 Å². The van der Waals surface area contributed by atoms with Gasteiger partial charge in [0.1, 0.15) is 0 Å². The number of allylic oxidation sites excluding steroid dienone is 8. The van der Waals surface area contributed by atoms with Crippen LogP contribution >= 0.6 is 0 Å². The second-order valence-electron chi connectivity index (χ2n) is 13.1. The van der Waals surface area contributed by atoms with Crippen LogP contribution in [-0.2, 0) is 0 Å². The third-order valence-corrected chi connectivity index (χ3v) is 9.97. The van der Waals surface area contributed by atoms with Gasteiger partial charge >= 0.3 is 0 Å². The summed E-state index contributed by atoms with van der Waals surface area (Å²) in [6.07, 6.45) is 19.0. The first-order valence-electron chi connectivity index (χ1n) is 17.4. The zero-order valence-corrected chi connectivity index (χ0v) is 27.8. The summed E-state index contributed by atoms with van der Waals surface area (Å²) >= 11 is 0. The first-order valence-corrected chi connectivity index (χ1v) is 17.4. The SMILES string of the molecule is C1=CCCC(c2cccc(-c3nc(C4=CC=C(c5cncc6ccccc56)CC4)cc(-c4cccc(-c5ccc6ccccc6c5)c4)n3)c2)=C1. The van der Waals surface area contributed by atoms with Gasteiger partial charge in [-0.3, -0.25) is 4.98 Å². The molecule has 0 radical (unpaired) electrons. The highest BCUT2D eigenvalue weighted by atomic mass is 14.9. The molecule has 0 N–H and O–H groups in total. The first-order chi connectivity index (χ1) is 24.7. The average molecular weight is 642 g/mol. The van der Waals surface area contributed by atoms with E-state index >= 15 is 0 Å². The lowest BCUT2D eigenvalue weighted by atomic mass is 9.90. The Bertz CT molecular complexity index is 2540. The molecule has 50 heavy (non-hydrogen) atoms. The van der Waals surface area contributed by atoms with Gasteiger partial charge in [-0.05, 0) is 99.5 Å². The minimum Gasteiger partial charge on any atom is -0.263 e. The van der Waals surface area contributed by atoms with E-state index in [2.05, 4.69) is 157 Å². The number of rotatable bonds is 6. The highest BCUT2D eigenvalue weighted by Gasteiger charge is 2.17. The molecule has 0 saturated carbocycles. The van der Waals surface area contributed by atoms with Crippen LogP contribution in [0.15, 0.2) is 164 Å². The number of hydrogen-bond acceptors (Lipinski definition) is 3. The fraction of sp³-hybridized carbons (Fsp3) is 0.0851. The monoisotopic (exact) mass is 641 g/mol. The largest absolute Gasteiger partial charge is 0.263 e. The fourth-order valence-electron chi connectivity index (χ4n) is 7.26. The van der Waals surface area contributed by atoms with Crippen LogP contribution in [0.1, 0.15) is 42.5 Å². The lowest BCUT2D eigenvalue weighted by Crippen LogP contribution is -2.01. The minimum absolute atomic E-state index is 0.747. The predicted molar refractivity (Wildman–Crippen MR) is 209 cm³/mol. The van der Waals surface area contributed by atoms with Gasteiger partial charge in [0.2, 0.25) is 0 Å². The van der Waals surface area contributed by atoms with E-state index in [1.165, 1.54) is 60.5 Å². The topological polar surface area (TPSA) is 38.7 Å². The van der Waals surface area contributed by atoms with Crippen LogP contribution in [0.5, 0.6) is 0 Å². The summed E-state index contributed by atoms with van der Waals surface area (Å²) in [4.78, 5) is 15.0. The summed E-state index contributed by atoms with van der Waals surface area (Å²) in [7, 11) is 0. The van der Waals surface area contributed by atoms with Crippen LogP contribution < -0.4 is 0 Å². The van der Waals surface area contributed by atoms with Crippen LogP contribution in [0.2, 0.25) is 0 Å². The summed E-state index contributed by atoms with van der Waals surface area (Å²) in [6, 6.07) is 43.3. The maximum atomic E-state index is 5.25. The number of nitrogens with zero attached hydrogens (tertiary/aromatic N) is 3. The molecule has 0 aliphatic heterocycles. The highest BCUT2D eigenvalue weighted by molar-refractivity contribution is 5.94. The number of pyridine rings is 1. The Kier molecular flexibility index (Phi) is 7.79. The fourth-order valence-corrected chi connectivity index (χ4v) is 7.26. The Labute approximate surface area is 292 Å². The number of benzene rings is 5. The van der Waals surface area contributed by atoms with Crippen molar-refractivity contribution in [3.63, 3.8) is 0 Å². The smallest absolute Gasteiger partial charge is 0.160 e. The zero-order chi connectivity index (χ0) is 33.3. The van der Waals surface area contributed by atoms with E-state index in [0.717, 1.165) is 54.0 Å². The summed E-state index contributed by atoms with van der Waals surface area (Å²) in [5.74, 6) is 0.747. The van der Waals surface area contributed by atoms with Gasteiger partial charge in [0, 0.05) is 34.5 Å². The molecule has 238 valence electrons. The van der Waals surface area contributed by atoms with Crippen LogP contribution in [-0.4, -0.2) is 15.0 Å². The summed E-state index contributed by atoms with van der Waals surface area (Å²) in [5.41, 5.74) is 12.7. The molecule has 0 bridgehead atoms. The summed E-state index contributed by atoms with van der Waals surface area (Å²) < 4.78 is 0. The molecule has 0 unspecified atom stereocenters. The van der Waals surface area contributed by atoms with Gasteiger partial charge in [0.25, 0.3) is 0 Å². The van der Waals surface area contributed by atoms with Crippen molar-refractivity contribution in [2.24, 2.45) is 0 Å². The van der Waals surface area contributed by atoms with Gasteiger partial charge in [-0.25, -0.2) is 9.97 Å². The molecule has 3 nitrogen and oxygen atoms in total. The first kappa shape index (κ1) is 29.9.